The predicted octanol–water partition coefficient (Wildman–Crippen LogP) is 13.6. The molecular weight excluding hydrogens is 671 g/mol. The zero-order chi connectivity index (χ0) is 36.3. The lowest BCUT2D eigenvalue weighted by molar-refractivity contribution is 0.669. The Morgan fingerprint density at radius 2 is 0.782 bits per heavy atom. The summed E-state index contributed by atoms with van der Waals surface area (Å²) in [5.41, 5.74) is 9.14. The van der Waals surface area contributed by atoms with E-state index in [1.54, 1.807) is 0 Å². The van der Waals surface area contributed by atoms with Crippen molar-refractivity contribution in [2.45, 2.75) is 0 Å². The largest absolute Gasteiger partial charge is 0.456 e. The lowest BCUT2D eigenvalue weighted by atomic mass is 9.93. The zero-order valence-corrected chi connectivity index (χ0v) is 29.6. The van der Waals surface area contributed by atoms with E-state index < -0.39 is 0 Å². The number of hydrogen-bond donors (Lipinski definition) is 0. The van der Waals surface area contributed by atoms with E-state index in [-0.39, 0.29) is 0 Å². The molecule has 9 aromatic carbocycles. The third-order valence-corrected chi connectivity index (χ3v) is 10.7. The molecule has 0 bridgehead atoms. The molecule has 4 nitrogen and oxygen atoms in total. The van der Waals surface area contributed by atoms with E-state index in [0.29, 0.717) is 17.5 Å². The average Bonchev–Trinajstić information content (AvgIpc) is 3.65. The Labute approximate surface area is 317 Å². The molecule has 2 heterocycles. The first kappa shape index (κ1) is 31.1. The Hall–Kier alpha value is -7.43. The summed E-state index contributed by atoms with van der Waals surface area (Å²) < 4.78 is 6.28. The number of fused-ring (bicyclic) bond motifs is 6. The van der Waals surface area contributed by atoms with Gasteiger partial charge in [0.25, 0.3) is 0 Å². The molecule has 0 aliphatic heterocycles. The number of para-hydroxylation sites is 1. The summed E-state index contributed by atoms with van der Waals surface area (Å²) in [5, 5.41) is 9.17. The standard InChI is InChI=1S/C51H31N3O/c1-3-12-36-30-38(28-24-32(36)10-1)34-22-26-35(27-23-34)49-52-50(39-29-25-33-11-2-4-13-37(33)31-39)54-51(53-49)44-19-8-15-40-41(16-7-17-42(40)44)43-18-9-21-47-48(43)45-14-5-6-20-46(45)55-47/h1-31H. The maximum absolute atomic E-state index is 6.28. The molecular formula is C51H31N3O. The Morgan fingerprint density at radius 1 is 0.291 bits per heavy atom. The molecule has 0 atom stereocenters. The molecule has 11 rings (SSSR count). The lowest BCUT2D eigenvalue weighted by Gasteiger charge is -2.13. The molecule has 0 saturated carbocycles. The van der Waals surface area contributed by atoms with Gasteiger partial charge >= 0.3 is 0 Å². The normalized spacial score (nSPS) is 11.6. The lowest BCUT2D eigenvalue weighted by Crippen LogP contribution is -2.01. The maximum Gasteiger partial charge on any atom is 0.164 e. The second kappa shape index (κ2) is 12.6. The maximum atomic E-state index is 6.28. The fourth-order valence-electron chi connectivity index (χ4n) is 8.00. The number of aromatic nitrogens is 3. The van der Waals surface area contributed by atoms with Crippen LogP contribution in [0.3, 0.4) is 0 Å². The molecule has 11 aromatic rings. The molecule has 0 radical (unpaired) electrons. The summed E-state index contributed by atoms with van der Waals surface area (Å²) in [7, 11) is 0. The Kier molecular flexibility index (Phi) is 7.14. The number of hydrogen-bond acceptors (Lipinski definition) is 4. The molecule has 2 aromatic heterocycles. The fraction of sp³-hybridized carbons (Fsp3) is 0. The van der Waals surface area contributed by atoms with Crippen molar-refractivity contribution < 1.29 is 4.42 Å². The van der Waals surface area contributed by atoms with Gasteiger partial charge in [-0.25, -0.2) is 15.0 Å². The van der Waals surface area contributed by atoms with Gasteiger partial charge in [-0.3, -0.25) is 0 Å². The van der Waals surface area contributed by atoms with Crippen LogP contribution in [0.4, 0.5) is 0 Å². The minimum absolute atomic E-state index is 0.626. The SMILES string of the molecule is c1ccc2cc(-c3ccc(-c4nc(-c5ccc6ccccc6c5)nc(-c5cccc6c(-c7cccc8oc9ccccc9c78)cccc56)n4)cc3)ccc2c1. The third-order valence-electron chi connectivity index (χ3n) is 10.7. The zero-order valence-electron chi connectivity index (χ0n) is 29.6. The second-order valence-corrected chi connectivity index (χ2v) is 14.0. The van der Waals surface area contributed by atoms with Gasteiger partial charge in [0.2, 0.25) is 0 Å². The molecule has 0 amide bonds. The number of furan rings is 1. The first-order valence-corrected chi connectivity index (χ1v) is 18.5. The summed E-state index contributed by atoms with van der Waals surface area (Å²) in [6.45, 7) is 0. The van der Waals surface area contributed by atoms with Crippen LogP contribution in [0.2, 0.25) is 0 Å². The van der Waals surface area contributed by atoms with Gasteiger partial charge in [-0.1, -0.05) is 164 Å². The van der Waals surface area contributed by atoms with E-state index in [2.05, 4.69) is 170 Å². The topological polar surface area (TPSA) is 51.8 Å². The van der Waals surface area contributed by atoms with Crippen molar-refractivity contribution in [3.63, 3.8) is 0 Å². The molecule has 0 aliphatic rings. The van der Waals surface area contributed by atoms with E-state index in [9.17, 15) is 0 Å². The molecule has 0 N–H and O–H groups in total. The monoisotopic (exact) mass is 701 g/mol. The average molecular weight is 702 g/mol. The highest BCUT2D eigenvalue weighted by atomic mass is 16.3. The van der Waals surface area contributed by atoms with Crippen LogP contribution in [0.15, 0.2) is 192 Å². The Bertz CT molecular complexity index is 3270. The highest BCUT2D eigenvalue weighted by Gasteiger charge is 2.18. The van der Waals surface area contributed by atoms with Crippen molar-refractivity contribution in [1.29, 1.82) is 0 Å². The third kappa shape index (κ3) is 5.34. The summed E-state index contributed by atoms with van der Waals surface area (Å²) in [4.78, 5) is 15.5. The van der Waals surface area contributed by atoms with Gasteiger partial charge in [-0.15, -0.1) is 0 Å². The van der Waals surface area contributed by atoms with Crippen molar-refractivity contribution in [3.05, 3.63) is 188 Å². The smallest absolute Gasteiger partial charge is 0.164 e. The highest BCUT2D eigenvalue weighted by Crippen LogP contribution is 2.41. The van der Waals surface area contributed by atoms with Gasteiger partial charge in [-0.05, 0) is 78.8 Å². The van der Waals surface area contributed by atoms with Crippen molar-refractivity contribution in [3.8, 4) is 56.4 Å². The number of benzene rings is 9. The summed E-state index contributed by atoms with van der Waals surface area (Å²) >= 11 is 0. The molecule has 256 valence electrons. The van der Waals surface area contributed by atoms with E-state index in [0.717, 1.165) is 71.5 Å². The molecule has 0 aliphatic carbocycles. The first-order chi connectivity index (χ1) is 27.2. The first-order valence-electron chi connectivity index (χ1n) is 18.5. The minimum Gasteiger partial charge on any atom is -0.456 e. The van der Waals surface area contributed by atoms with Gasteiger partial charge in [0.05, 0.1) is 0 Å². The molecule has 0 spiro atoms. The highest BCUT2D eigenvalue weighted by molar-refractivity contribution is 6.16. The van der Waals surface area contributed by atoms with E-state index >= 15 is 0 Å². The van der Waals surface area contributed by atoms with Crippen LogP contribution in [0, 0.1) is 0 Å². The molecule has 55 heavy (non-hydrogen) atoms. The van der Waals surface area contributed by atoms with Gasteiger partial charge in [0.1, 0.15) is 11.2 Å². The van der Waals surface area contributed by atoms with Gasteiger partial charge in [0.15, 0.2) is 17.5 Å². The second-order valence-electron chi connectivity index (χ2n) is 14.0. The van der Waals surface area contributed by atoms with Crippen LogP contribution in [-0.2, 0) is 0 Å². The van der Waals surface area contributed by atoms with E-state index in [1.165, 1.54) is 21.7 Å². The van der Waals surface area contributed by atoms with Crippen molar-refractivity contribution in [2.24, 2.45) is 0 Å². The Morgan fingerprint density at radius 3 is 1.55 bits per heavy atom. The Balaban J connectivity index is 1.08. The van der Waals surface area contributed by atoms with Crippen LogP contribution in [0.1, 0.15) is 0 Å². The van der Waals surface area contributed by atoms with E-state index in [1.807, 2.05) is 18.2 Å². The van der Waals surface area contributed by atoms with Crippen molar-refractivity contribution in [1.82, 2.24) is 15.0 Å². The number of nitrogens with zero attached hydrogens (tertiary/aromatic N) is 3. The van der Waals surface area contributed by atoms with Gasteiger partial charge in [0, 0.05) is 27.5 Å². The predicted molar refractivity (Wildman–Crippen MR) is 227 cm³/mol. The molecule has 0 saturated heterocycles. The fourth-order valence-corrected chi connectivity index (χ4v) is 8.00. The summed E-state index contributed by atoms with van der Waals surface area (Å²) in [6, 6.07) is 65.8. The molecule has 4 heteroatoms. The summed E-state index contributed by atoms with van der Waals surface area (Å²) in [5.74, 6) is 1.88. The van der Waals surface area contributed by atoms with Gasteiger partial charge < -0.3 is 4.42 Å². The van der Waals surface area contributed by atoms with Crippen molar-refractivity contribution >= 4 is 54.3 Å². The molecule has 0 unspecified atom stereocenters. The van der Waals surface area contributed by atoms with Crippen LogP contribution in [0.25, 0.3) is 111 Å². The van der Waals surface area contributed by atoms with Crippen LogP contribution >= 0.6 is 0 Å². The van der Waals surface area contributed by atoms with Crippen LogP contribution < -0.4 is 0 Å². The van der Waals surface area contributed by atoms with Crippen molar-refractivity contribution in [2.75, 3.05) is 0 Å². The van der Waals surface area contributed by atoms with Gasteiger partial charge in [-0.2, -0.15) is 0 Å². The van der Waals surface area contributed by atoms with Crippen LogP contribution in [0.5, 0.6) is 0 Å². The summed E-state index contributed by atoms with van der Waals surface area (Å²) in [6.07, 6.45) is 0. The quantitative estimate of drug-likeness (QED) is 0.179. The van der Waals surface area contributed by atoms with Crippen LogP contribution in [-0.4, -0.2) is 15.0 Å². The minimum atomic E-state index is 0.626. The molecule has 0 fully saturated rings. The number of rotatable bonds is 5. The van der Waals surface area contributed by atoms with E-state index in [4.69, 9.17) is 19.4 Å².